The highest BCUT2D eigenvalue weighted by molar-refractivity contribution is 5.07. The van der Waals surface area contributed by atoms with E-state index < -0.39 is 0 Å². The molecule has 0 saturated carbocycles. The van der Waals surface area contributed by atoms with Crippen molar-refractivity contribution < 1.29 is 0 Å². The summed E-state index contributed by atoms with van der Waals surface area (Å²) in [5, 5.41) is 9.23. The van der Waals surface area contributed by atoms with Crippen molar-refractivity contribution in [3.05, 3.63) is 0 Å². The Hall–Kier alpha value is -0.550. The van der Waals surface area contributed by atoms with Gasteiger partial charge in [-0.15, -0.1) is 0 Å². The molecule has 1 aliphatic rings. The summed E-state index contributed by atoms with van der Waals surface area (Å²) in [6, 6.07) is 3.35. The van der Waals surface area contributed by atoms with Crippen molar-refractivity contribution in [1.82, 2.24) is 4.90 Å². The van der Waals surface area contributed by atoms with Crippen molar-refractivity contribution in [3.63, 3.8) is 0 Å². The Kier molecular flexibility index (Phi) is 3.41. The third-order valence-electron chi connectivity index (χ3n) is 3.77. The van der Waals surface area contributed by atoms with Crippen LogP contribution in [-0.4, -0.2) is 22.5 Å². The van der Waals surface area contributed by atoms with Crippen LogP contribution in [0.1, 0.15) is 54.9 Å². The second-order valence-electron chi connectivity index (χ2n) is 7.17. The Morgan fingerprint density at radius 1 is 1.12 bits per heavy atom. The van der Waals surface area contributed by atoms with E-state index >= 15 is 0 Å². The quantitative estimate of drug-likeness (QED) is 0.628. The van der Waals surface area contributed by atoms with Crippen molar-refractivity contribution in [2.75, 3.05) is 0 Å². The summed E-state index contributed by atoms with van der Waals surface area (Å²) in [7, 11) is 0. The van der Waals surface area contributed by atoms with Gasteiger partial charge in [-0.25, -0.2) is 0 Å². The highest BCUT2D eigenvalue weighted by Gasteiger charge is 2.47. The highest BCUT2D eigenvalue weighted by atomic mass is 15.3. The normalized spacial score (nSPS) is 32.8. The van der Waals surface area contributed by atoms with Crippen LogP contribution >= 0.6 is 0 Å². The average molecular weight is 222 g/mol. The monoisotopic (exact) mass is 222 g/mol. The lowest BCUT2D eigenvalue weighted by Gasteiger charge is -2.45. The predicted molar refractivity (Wildman–Crippen MR) is 68.0 cm³/mol. The van der Waals surface area contributed by atoms with Crippen LogP contribution in [-0.2, 0) is 0 Å². The van der Waals surface area contributed by atoms with E-state index in [1.54, 1.807) is 0 Å². The topological polar surface area (TPSA) is 27.0 Å². The summed E-state index contributed by atoms with van der Waals surface area (Å²) < 4.78 is 0. The molecule has 0 aliphatic carbocycles. The lowest BCUT2D eigenvalue weighted by Crippen LogP contribution is -2.52. The van der Waals surface area contributed by atoms with Gasteiger partial charge in [0.15, 0.2) is 0 Å². The Morgan fingerprint density at radius 2 is 1.62 bits per heavy atom. The Bertz CT molecular complexity index is 287. The fourth-order valence-corrected chi connectivity index (χ4v) is 3.04. The molecule has 0 aromatic rings. The molecule has 0 aromatic carbocycles. The third-order valence-corrected chi connectivity index (χ3v) is 3.77. The van der Waals surface area contributed by atoms with Crippen LogP contribution in [0.25, 0.3) is 0 Å². The molecule has 2 nitrogen and oxygen atoms in total. The van der Waals surface area contributed by atoms with Crippen molar-refractivity contribution in [3.8, 4) is 6.07 Å². The molecular formula is C14H26N2. The van der Waals surface area contributed by atoms with Crippen LogP contribution in [0.3, 0.4) is 0 Å². The first-order chi connectivity index (χ1) is 7.09. The van der Waals surface area contributed by atoms with E-state index in [0.29, 0.717) is 12.1 Å². The van der Waals surface area contributed by atoms with Crippen LogP contribution in [0.4, 0.5) is 0 Å². The van der Waals surface area contributed by atoms with Crippen LogP contribution in [0.5, 0.6) is 0 Å². The smallest absolute Gasteiger partial charge is 0.0672 e. The molecule has 1 heterocycles. The summed E-state index contributed by atoms with van der Waals surface area (Å²) in [5.74, 6) is 0.184. The fourth-order valence-electron chi connectivity index (χ4n) is 3.04. The van der Waals surface area contributed by atoms with Gasteiger partial charge in [-0.1, -0.05) is 20.8 Å². The second-order valence-corrected chi connectivity index (χ2v) is 7.17. The fraction of sp³-hybridized carbons (Fsp3) is 0.929. The minimum absolute atomic E-state index is 0.142. The van der Waals surface area contributed by atoms with Gasteiger partial charge in [0.2, 0.25) is 0 Å². The zero-order chi connectivity index (χ0) is 12.7. The molecule has 0 N–H and O–H groups in total. The van der Waals surface area contributed by atoms with Gasteiger partial charge in [0.1, 0.15) is 0 Å². The average Bonchev–Trinajstić information content (AvgIpc) is 2.40. The molecule has 92 valence electrons. The van der Waals surface area contributed by atoms with Crippen LogP contribution in [0.15, 0.2) is 0 Å². The first-order valence-corrected chi connectivity index (χ1v) is 6.27. The van der Waals surface area contributed by atoms with Gasteiger partial charge in [0.25, 0.3) is 0 Å². The summed E-state index contributed by atoms with van der Waals surface area (Å²) in [6.45, 7) is 15.8. The second kappa shape index (κ2) is 4.04. The number of likely N-dealkylation sites (tertiary alicyclic amines) is 1. The Labute approximate surface area is 101 Å². The van der Waals surface area contributed by atoms with Crippen LogP contribution in [0, 0.1) is 22.7 Å². The van der Waals surface area contributed by atoms with E-state index in [0.717, 1.165) is 6.42 Å². The van der Waals surface area contributed by atoms with Gasteiger partial charge in [-0.3, -0.25) is 4.90 Å². The SMILES string of the molecule is C[C@@H]1[C@@H](C#N)C[C@@H](C(C)(C)C)N1C(C)(C)C. The molecule has 0 aromatic heterocycles. The van der Waals surface area contributed by atoms with Gasteiger partial charge < -0.3 is 0 Å². The lowest BCUT2D eigenvalue weighted by molar-refractivity contribution is 0.0292. The van der Waals surface area contributed by atoms with Crippen molar-refractivity contribution in [1.29, 1.82) is 5.26 Å². The number of hydrogen-bond donors (Lipinski definition) is 0. The predicted octanol–water partition coefficient (Wildman–Crippen LogP) is 3.43. The molecule has 1 saturated heterocycles. The molecule has 1 fully saturated rings. The zero-order valence-electron chi connectivity index (χ0n) is 11.8. The first kappa shape index (κ1) is 13.5. The van der Waals surface area contributed by atoms with Gasteiger partial charge in [-0.2, -0.15) is 5.26 Å². The number of rotatable bonds is 0. The maximum absolute atomic E-state index is 9.23. The molecule has 0 unspecified atom stereocenters. The maximum atomic E-state index is 9.23. The summed E-state index contributed by atoms with van der Waals surface area (Å²) in [5.41, 5.74) is 0.385. The zero-order valence-corrected chi connectivity index (χ0v) is 11.8. The summed E-state index contributed by atoms with van der Waals surface area (Å²) >= 11 is 0. The van der Waals surface area contributed by atoms with Gasteiger partial charge in [0, 0.05) is 17.6 Å². The molecular weight excluding hydrogens is 196 g/mol. The number of hydrogen-bond acceptors (Lipinski definition) is 2. The molecule has 16 heavy (non-hydrogen) atoms. The van der Waals surface area contributed by atoms with Crippen molar-refractivity contribution in [2.45, 2.75) is 72.5 Å². The molecule has 2 heteroatoms. The highest BCUT2D eigenvalue weighted by Crippen LogP contribution is 2.42. The summed E-state index contributed by atoms with van der Waals surface area (Å²) in [6.07, 6.45) is 1.01. The molecule has 0 bridgehead atoms. The van der Waals surface area contributed by atoms with Crippen molar-refractivity contribution >= 4 is 0 Å². The minimum Gasteiger partial charge on any atom is -0.291 e. The van der Waals surface area contributed by atoms with Crippen molar-refractivity contribution in [2.24, 2.45) is 11.3 Å². The van der Waals surface area contributed by atoms with Crippen LogP contribution < -0.4 is 0 Å². The van der Waals surface area contributed by atoms with E-state index in [4.69, 9.17) is 0 Å². The Balaban J connectivity index is 3.06. The van der Waals surface area contributed by atoms with Gasteiger partial charge in [-0.05, 0) is 39.5 Å². The third kappa shape index (κ3) is 2.40. The molecule has 0 spiro atoms. The Morgan fingerprint density at radius 3 is 1.88 bits per heavy atom. The summed E-state index contributed by atoms with van der Waals surface area (Å²) in [4.78, 5) is 2.54. The van der Waals surface area contributed by atoms with Gasteiger partial charge >= 0.3 is 0 Å². The first-order valence-electron chi connectivity index (χ1n) is 6.27. The largest absolute Gasteiger partial charge is 0.291 e. The molecule has 1 aliphatic heterocycles. The van der Waals surface area contributed by atoms with E-state index in [1.165, 1.54) is 0 Å². The number of nitriles is 1. The van der Waals surface area contributed by atoms with E-state index in [2.05, 4.69) is 59.4 Å². The molecule has 3 atom stereocenters. The van der Waals surface area contributed by atoms with Crippen LogP contribution in [0.2, 0.25) is 0 Å². The lowest BCUT2D eigenvalue weighted by atomic mass is 9.82. The molecule has 0 radical (unpaired) electrons. The number of nitrogens with zero attached hydrogens (tertiary/aromatic N) is 2. The minimum atomic E-state index is 0.142. The molecule has 1 rings (SSSR count). The maximum Gasteiger partial charge on any atom is 0.0672 e. The standard InChI is InChI=1S/C14H26N2/c1-10-11(9-15)8-12(13(2,3)4)16(10)14(5,6)7/h10-12H,8H2,1-7H3/t10-,11-,12+/m1/s1. The van der Waals surface area contributed by atoms with E-state index in [9.17, 15) is 5.26 Å². The van der Waals surface area contributed by atoms with E-state index in [1.807, 2.05) is 0 Å². The van der Waals surface area contributed by atoms with E-state index in [-0.39, 0.29) is 16.9 Å². The van der Waals surface area contributed by atoms with Gasteiger partial charge in [0.05, 0.1) is 12.0 Å². The molecule has 0 amide bonds.